The number of fused-ring (bicyclic) bond motifs is 1. The zero-order chi connectivity index (χ0) is 28.2. The lowest BCUT2D eigenvalue weighted by molar-refractivity contribution is -0.135. The van der Waals surface area contributed by atoms with Gasteiger partial charge in [0, 0.05) is 18.5 Å². The third kappa shape index (κ3) is 5.86. The molecule has 0 spiro atoms. The molecule has 1 saturated heterocycles. The summed E-state index contributed by atoms with van der Waals surface area (Å²) in [5.74, 6) is 0.174. The van der Waals surface area contributed by atoms with Crippen LogP contribution in [-0.4, -0.2) is 52.8 Å². The Morgan fingerprint density at radius 1 is 0.902 bits per heavy atom. The molecule has 4 aromatic rings. The van der Waals surface area contributed by atoms with Crippen LogP contribution in [0.3, 0.4) is 0 Å². The van der Waals surface area contributed by atoms with E-state index >= 15 is 0 Å². The Morgan fingerprint density at radius 2 is 1.63 bits per heavy atom. The van der Waals surface area contributed by atoms with E-state index in [4.69, 9.17) is 9.47 Å². The molecule has 2 aliphatic rings. The first kappa shape index (κ1) is 27.1. The van der Waals surface area contributed by atoms with E-state index in [1.54, 1.807) is 12.1 Å². The maximum Gasteiger partial charge on any atom is 0.335 e. The number of aromatic carboxylic acids is 1. The first-order valence-electron chi connectivity index (χ1n) is 14.6. The Hall–Kier alpha value is -4.10. The van der Waals surface area contributed by atoms with Crippen molar-refractivity contribution in [1.29, 1.82) is 0 Å². The highest BCUT2D eigenvalue weighted by Crippen LogP contribution is 2.44. The SMILES string of the molecule is O=C(O)c1ccc2c(C3CCCCC3)c(-c3ccc(OCc4ccccc4)cc3)n(CC(=O)N3CCOCC3)c2c1. The van der Waals surface area contributed by atoms with E-state index in [1.165, 1.54) is 24.8 Å². The van der Waals surface area contributed by atoms with Gasteiger partial charge in [0.05, 0.1) is 30.0 Å². The summed E-state index contributed by atoms with van der Waals surface area (Å²) in [5.41, 5.74) is 5.36. The molecule has 3 aromatic carbocycles. The summed E-state index contributed by atoms with van der Waals surface area (Å²) >= 11 is 0. The molecule has 7 nitrogen and oxygen atoms in total. The number of nitrogens with zero attached hydrogens (tertiary/aromatic N) is 2. The molecule has 1 saturated carbocycles. The summed E-state index contributed by atoms with van der Waals surface area (Å²) in [6.07, 6.45) is 5.74. The number of hydrogen-bond donors (Lipinski definition) is 1. The van der Waals surface area contributed by atoms with Crippen LogP contribution < -0.4 is 4.74 Å². The summed E-state index contributed by atoms with van der Waals surface area (Å²) < 4.78 is 13.6. The number of amides is 1. The fraction of sp³-hybridized carbons (Fsp3) is 0.353. The van der Waals surface area contributed by atoms with Crippen molar-refractivity contribution >= 4 is 22.8 Å². The Balaban J connectivity index is 1.44. The highest BCUT2D eigenvalue weighted by molar-refractivity contribution is 5.99. The predicted molar refractivity (Wildman–Crippen MR) is 158 cm³/mol. The van der Waals surface area contributed by atoms with Crippen LogP contribution in [0.1, 0.15) is 59.5 Å². The molecular weight excluding hydrogens is 516 g/mol. The molecule has 1 aliphatic carbocycles. The number of carboxylic acid groups (broad SMARTS) is 1. The lowest BCUT2D eigenvalue weighted by Crippen LogP contribution is -2.42. The van der Waals surface area contributed by atoms with Gasteiger partial charge in [-0.3, -0.25) is 4.79 Å². The quantitative estimate of drug-likeness (QED) is 0.270. The largest absolute Gasteiger partial charge is 0.489 e. The summed E-state index contributed by atoms with van der Waals surface area (Å²) in [5, 5.41) is 10.9. The van der Waals surface area contributed by atoms with Crippen molar-refractivity contribution in [3.8, 4) is 17.0 Å². The number of benzene rings is 3. The number of aromatic nitrogens is 1. The summed E-state index contributed by atoms with van der Waals surface area (Å²) in [7, 11) is 0. The van der Waals surface area contributed by atoms with E-state index in [0.717, 1.165) is 46.3 Å². The van der Waals surface area contributed by atoms with Crippen molar-refractivity contribution in [2.24, 2.45) is 0 Å². The lowest BCUT2D eigenvalue weighted by Gasteiger charge is -2.28. The molecule has 0 bridgehead atoms. The van der Waals surface area contributed by atoms with Crippen LogP contribution in [0.4, 0.5) is 0 Å². The van der Waals surface area contributed by atoms with Crippen LogP contribution in [0.25, 0.3) is 22.2 Å². The van der Waals surface area contributed by atoms with E-state index in [0.29, 0.717) is 38.8 Å². The lowest BCUT2D eigenvalue weighted by atomic mass is 9.82. The minimum absolute atomic E-state index is 0.0187. The smallest absolute Gasteiger partial charge is 0.335 e. The highest BCUT2D eigenvalue weighted by atomic mass is 16.5. The molecule has 41 heavy (non-hydrogen) atoms. The molecule has 0 radical (unpaired) electrons. The molecular formula is C34H36N2O5. The van der Waals surface area contributed by atoms with Gasteiger partial charge < -0.3 is 24.0 Å². The van der Waals surface area contributed by atoms with Gasteiger partial charge in [-0.1, -0.05) is 55.7 Å². The van der Waals surface area contributed by atoms with Crippen molar-refractivity contribution in [1.82, 2.24) is 9.47 Å². The minimum Gasteiger partial charge on any atom is -0.489 e. The molecule has 1 aromatic heterocycles. The molecule has 0 unspecified atom stereocenters. The third-order valence-corrected chi connectivity index (χ3v) is 8.40. The van der Waals surface area contributed by atoms with Gasteiger partial charge in [-0.05, 0) is 71.8 Å². The number of hydrogen-bond acceptors (Lipinski definition) is 4. The zero-order valence-corrected chi connectivity index (χ0v) is 23.3. The van der Waals surface area contributed by atoms with Crippen molar-refractivity contribution in [2.75, 3.05) is 26.3 Å². The maximum absolute atomic E-state index is 13.6. The van der Waals surface area contributed by atoms with Crippen LogP contribution in [0.5, 0.6) is 5.75 Å². The molecule has 1 amide bonds. The van der Waals surface area contributed by atoms with E-state index in [1.807, 2.05) is 53.4 Å². The molecule has 2 heterocycles. The maximum atomic E-state index is 13.6. The number of ether oxygens (including phenoxy) is 2. The second-order valence-corrected chi connectivity index (χ2v) is 11.0. The number of carbonyl (C=O) groups excluding carboxylic acids is 1. The normalized spacial score (nSPS) is 16.1. The van der Waals surface area contributed by atoms with Crippen LogP contribution in [0.15, 0.2) is 72.8 Å². The molecule has 1 N–H and O–H groups in total. The van der Waals surface area contributed by atoms with Gasteiger partial charge in [0.25, 0.3) is 0 Å². The summed E-state index contributed by atoms with van der Waals surface area (Å²) in [6.45, 7) is 2.83. The third-order valence-electron chi connectivity index (χ3n) is 8.40. The number of morpholine rings is 1. The topological polar surface area (TPSA) is 81.0 Å². The second kappa shape index (κ2) is 12.2. The fourth-order valence-electron chi connectivity index (χ4n) is 6.29. The van der Waals surface area contributed by atoms with E-state index in [2.05, 4.69) is 16.7 Å². The standard InChI is InChI=1S/C34H36N2O5/c37-31(35-17-19-40-20-18-35)22-36-30-21-27(34(38)39)13-16-29(30)32(25-9-5-2-6-10-25)33(36)26-11-14-28(15-12-26)41-23-24-7-3-1-4-8-24/h1,3-4,7-8,11-16,21,25H,2,5-6,9-10,17-20,22-23H2,(H,38,39). The summed E-state index contributed by atoms with van der Waals surface area (Å²) in [4.78, 5) is 27.4. The van der Waals surface area contributed by atoms with E-state index in [9.17, 15) is 14.7 Å². The molecule has 7 heteroatoms. The second-order valence-electron chi connectivity index (χ2n) is 11.0. The van der Waals surface area contributed by atoms with Crippen LogP contribution in [-0.2, 0) is 22.7 Å². The van der Waals surface area contributed by atoms with Gasteiger partial charge in [0.1, 0.15) is 18.9 Å². The van der Waals surface area contributed by atoms with Gasteiger partial charge in [0.15, 0.2) is 0 Å². The Bertz CT molecular complexity index is 1510. The van der Waals surface area contributed by atoms with Crippen LogP contribution >= 0.6 is 0 Å². The molecule has 2 fully saturated rings. The number of rotatable bonds is 8. The average Bonchev–Trinajstić information content (AvgIpc) is 3.34. The molecule has 212 valence electrons. The van der Waals surface area contributed by atoms with Crippen molar-refractivity contribution < 1.29 is 24.2 Å². The van der Waals surface area contributed by atoms with Crippen LogP contribution in [0.2, 0.25) is 0 Å². The van der Waals surface area contributed by atoms with E-state index < -0.39 is 5.97 Å². The monoisotopic (exact) mass is 552 g/mol. The Morgan fingerprint density at radius 3 is 2.34 bits per heavy atom. The van der Waals surface area contributed by atoms with Crippen molar-refractivity contribution in [3.05, 3.63) is 89.5 Å². The Labute approximate surface area is 240 Å². The first-order valence-corrected chi connectivity index (χ1v) is 14.6. The number of carbonyl (C=O) groups is 2. The van der Waals surface area contributed by atoms with Gasteiger partial charge >= 0.3 is 5.97 Å². The predicted octanol–water partition coefficient (Wildman–Crippen LogP) is 6.49. The number of carboxylic acids is 1. The van der Waals surface area contributed by atoms with Crippen molar-refractivity contribution in [3.63, 3.8) is 0 Å². The van der Waals surface area contributed by atoms with E-state index in [-0.39, 0.29) is 18.0 Å². The van der Waals surface area contributed by atoms with Gasteiger partial charge in [-0.2, -0.15) is 0 Å². The first-order chi connectivity index (χ1) is 20.1. The molecule has 1 aliphatic heterocycles. The summed E-state index contributed by atoms with van der Waals surface area (Å²) in [6, 6.07) is 23.5. The average molecular weight is 553 g/mol. The van der Waals surface area contributed by atoms with Gasteiger partial charge in [-0.15, -0.1) is 0 Å². The van der Waals surface area contributed by atoms with Gasteiger partial charge in [-0.25, -0.2) is 4.79 Å². The molecule has 6 rings (SSSR count). The fourth-order valence-corrected chi connectivity index (χ4v) is 6.29. The Kier molecular flexibility index (Phi) is 8.05. The zero-order valence-electron chi connectivity index (χ0n) is 23.3. The molecule has 0 atom stereocenters. The van der Waals surface area contributed by atoms with Crippen LogP contribution in [0, 0.1) is 0 Å². The van der Waals surface area contributed by atoms with Crippen molar-refractivity contribution in [2.45, 2.75) is 51.2 Å². The minimum atomic E-state index is -0.972. The van der Waals surface area contributed by atoms with Gasteiger partial charge in [0.2, 0.25) is 5.91 Å². The highest BCUT2D eigenvalue weighted by Gasteiger charge is 2.29.